The van der Waals surface area contributed by atoms with Crippen molar-refractivity contribution in [3.8, 4) is 5.75 Å². The summed E-state index contributed by atoms with van der Waals surface area (Å²) < 4.78 is 6.67. The minimum absolute atomic E-state index is 0.168. The first-order valence-electron chi connectivity index (χ1n) is 8.93. The van der Waals surface area contributed by atoms with Gasteiger partial charge in [0.25, 0.3) is 0 Å². The van der Waals surface area contributed by atoms with E-state index in [1.54, 1.807) is 0 Å². The van der Waals surface area contributed by atoms with Gasteiger partial charge in [-0.25, -0.2) is 0 Å². The van der Waals surface area contributed by atoms with Crippen molar-refractivity contribution in [2.45, 2.75) is 61.0 Å². The number of Topliss-reactive ketones (excluding diaryl/α,β-unsaturated/α-hetero) is 1. The number of fused-ring (bicyclic) bond motifs is 1. The number of carbonyl (C=O) groups excluding carboxylic acids is 1. The molecule has 0 fully saturated rings. The molecule has 2 aromatic rings. The third-order valence-corrected chi connectivity index (χ3v) is 6.49. The summed E-state index contributed by atoms with van der Waals surface area (Å²) in [6.45, 7) is 16.4. The van der Waals surface area contributed by atoms with Crippen molar-refractivity contribution in [1.82, 2.24) is 0 Å². The average Bonchev–Trinajstić information content (AvgIpc) is 2.56. The van der Waals surface area contributed by atoms with Crippen LogP contribution >= 0.6 is 0 Å². The first kappa shape index (κ1) is 17.7. The van der Waals surface area contributed by atoms with E-state index in [1.807, 2.05) is 33.8 Å². The second-order valence-corrected chi connectivity index (χ2v) is 8.16. The van der Waals surface area contributed by atoms with Crippen LogP contribution in [0.25, 0.3) is 0 Å². The molecule has 0 aromatic heterocycles. The van der Waals surface area contributed by atoms with Crippen molar-refractivity contribution in [3.63, 3.8) is 0 Å². The van der Waals surface area contributed by atoms with Crippen LogP contribution in [0.1, 0.15) is 64.5 Å². The van der Waals surface area contributed by atoms with Crippen molar-refractivity contribution in [3.05, 3.63) is 63.2 Å². The van der Waals surface area contributed by atoms with Gasteiger partial charge in [-0.3, -0.25) is 4.79 Å². The number of hydrogen-bond acceptors (Lipinski definition) is 2. The molecule has 1 unspecified atom stereocenters. The summed E-state index contributed by atoms with van der Waals surface area (Å²) in [6.07, 6.45) is 0. The molecule has 0 amide bonds. The van der Waals surface area contributed by atoms with Crippen molar-refractivity contribution in [2.75, 3.05) is 0 Å². The molecule has 1 aliphatic heterocycles. The average molecular weight is 336 g/mol. The highest BCUT2D eigenvalue weighted by Gasteiger charge is 2.55. The molecule has 0 N–H and O–H groups in total. The fourth-order valence-corrected chi connectivity index (χ4v) is 3.90. The number of ketones is 1. The lowest BCUT2D eigenvalue weighted by Gasteiger charge is -2.48. The van der Waals surface area contributed by atoms with Crippen LogP contribution in [0.15, 0.2) is 24.3 Å². The van der Waals surface area contributed by atoms with Crippen molar-refractivity contribution < 1.29 is 9.53 Å². The van der Waals surface area contributed by atoms with Gasteiger partial charge in [0.05, 0.1) is 11.0 Å². The van der Waals surface area contributed by atoms with Gasteiger partial charge in [-0.1, -0.05) is 29.8 Å². The fraction of sp³-hybridized carbons (Fsp3) is 0.435. The molecule has 0 aliphatic carbocycles. The Balaban J connectivity index is 2.34. The summed E-state index contributed by atoms with van der Waals surface area (Å²) in [6, 6.07) is 8.30. The van der Waals surface area contributed by atoms with Crippen LogP contribution in [0.4, 0.5) is 0 Å². The highest BCUT2D eigenvalue weighted by molar-refractivity contribution is 6.06. The molecule has 1 aliphatic rings. The van der Waals surface area contributed by atoms with E-state index < -0.39 is 11.0 Å². The van der Waals surface area contributed by atoms with Gasteiger partial charge >= 0.3 is 0 Å². The van der Waals surface area contributed by atoms with Crippen LogP contribution in [0.5, 0.6) is 5.75 Å². The predicted octanol–water partition coefficient (Wildman–Crippen LogP) is 5.75. The van der Waals surface area contributed by atoms with E-state index in [-0.39, 0.29) is 5.78 Å². The van der Waals surface area contributed by atoms with Crippen molar-refractivity contribution >= 4 is 5.78 Å². The third-order valence-electron chi connectivity index (χ3n) is 6.49. The number of benzene rings is 2. The number of hydrogen-bond donors (Lipinski definition) is 0. The van der Waals surface area contributed by atoms with Gasteiger partial charge in [0.1, 0.15) is 11.4 Å². The molecule has 0 bridgehead atoms. The van der Waals surface area contributed by atoms with E-state index in [2.05, 4.69) is 45.9 Å². The maximum atomic E-state index is 13.6. The van der Waals surface area contributed by atoms with Gasteiger partial charge < -0.3 is 4.74 Å². The monoisotopic (exact) mass is 336 g/mol. The highest BCUT2D eigenvalue weighted by atomic mass is 16.5. The molecule has 1 heterocycles. The molecule has 3 rings (SSSR count). The summed E-state index contributed by atoms with van der Waals surface area (Å²) in [5, 5.41) is 0. The van der Waals surface area contributed by atoms with Crippen LogP contribution in [0.3, 0.4) is 0 Å². The second-order valence-electron chi connectivity index (χ2n) is 8.16. The number of ether oxygens (including phenoxy) is 1. The van der Waals surface area contributed by atoms with Gasteiger partial charge in [-0.15, -0.1) is 0 Å². The lowest BCUT2D eigenvalue weighted by molar-refractivity contribution is -0.0302. The molecule has 0 saturated heterocycles. The molecule has 1 atom stereocenters. The number of carbonyl (C=O) groups is 1. The van der Waals surface area contributed by atoms with Crippen LogP contribution in [0.2, 0.25) is 0 Å². The van der Waals surface area contributed by atoms with Gasteiger partial charge in [-0.2, -0.15) is 0 Å². The van der Waals surface area contributed by atoms with Crippen molar-refractivity contribution in [1.29, 1.82) is 0 Å². The lowest BCUT2D eigenvalue weighted by Crippen LogP contribution is -2.52. The van der Waals surface area contributed by atoms with E-state index in [4.69, 9.17) is 4.74 Å². The minimum Gasteiger partial charge on any atom is -0.481 e. The normalized spacial score (nSPS) is 21.7. The first-order chi connectivity index (χ1) is 11.5. The number of rotatable bonds is 1. The summed E-state index contributed by atoms with van der Waals surface area (Å²) >= 11 is 0. The molecular weight excluding hydrogens is 308 g/mol. The van der Waals surface area contributed by atoms with E-state index >= 15 is 0 Å². The zero-order chi connectivity index (χ0) is 18.7. The summed E-state index contributed by atoms with van der Waals surface area (Å²) in [5.74, 6) is 0.926. The van der Waals surface area contributed by atoms with Crippen LogP contribution in [-0.4, -0.2) is 5.78 Å². The van der Waals surface area contributed by atoms with Gasteiger partial charge in [0, 0.05) is 0 Å². The molecule has 25 heavy (non-hydrogen) atoms. The highest BCUT2D eigenvalue weighted by Crippen LogP contribution is 2.53. The minimum atomic E-state index is -0.706. The standard InChI is InChI=1S/C23H28O2/c1-13-10-9-11-18(12-13)23(8)22(6,7)21(24)19-16(4)14(2)15(3)17(5)20(19)25-23/h9-12H,1-8H3. The van der Waals surface area contributed by atoms with Gasteiger partial charge in [0.15, 0.2) is 5.78 Å². The second kappa shape index (κ2) is 5.45. The fourth-order valence-electron chi connectivity index (χ4n) is 3.90. The molecule has 0 radical (unpaired) electrons. The molecule has 0 spiro atoms. The lowest BCUT2D eigenvalue weighted by atomic mass is 9.64. The summed E-state index contributed by atoms with van der Waals surface area (Å²) in [5.41, 5.74) is 6.11. The Kier molecular flexibility index (Phi) is 3.87. The number of aryl methyl sites for hydroxylation is 1. The van der Waals surface area contributed by atoms with E-state index in [9.17, 15) is 4.79 Å². The Morgan fingerprint density at radius 3 is 2.04 bits per heavy atom. The predicted molar refractivity (Wildman–Crippen MR) is 103 cm³/mol. The topological polar surface area (TPSA) is 26.3 Å². The zero-order valence-corrected chi connectivity index (χ0v) is 16.6. The largest absolute Gasteiger partial charge is 0.481 e. The maximum Gasteiger partial charge on any atom is 0.176 e. The summed E-state index contributed by atoms with van der Waals surface area (Å²) in [4.78, 5) is 13.6. The van der Waals surface area contributed by atoms with Gasteiger partial charge in [0.2, 0.25) is 0 Å². The molecule has 2 heteroatoms. The Labute approximate surface area is 151 Å². The Bertz CT molecular complexity index is 889. The van der Waals surface area contributed by atoms with Gasteiger partial charge in [-0.05, 0) is 83.2 Å². The first-order valence-corrected chi connectivity index (χ1v) is 8.93. The van der Waals surface area contributed by atoms with Crippen LogP contribution < -0.4 is 4.74 Å². The Morgan fingerprint density at radius 2 is 1.44 bits per heavy atom. The van der Waals surface area contributed by atoms with E-state index in [0.29, 0.717) is 0 Å². The quantitative estimate of drug-likeness (QED) is 0.663. The van der Waals surface area contributed by atoms with E-state index in [0.717, 1.165) is 28.0 Å². The van der Waals surface area contributed by atoms with Crippen molar-refractivity contribution in [2.24, 2.45) is 5.41 Å². The smallest absolute Gasteiger partial charge is 0.176 e. The zero-order valence-electron chi connectivity index (χ0n) is 16.6. The maximum absolute atomic E-state index is 13.6. The Hall–Kier alpha value is -2.09. The molecule has 2 nitrogen and oxygen atoms in total. The summed E-state index contributed by atoms with van der Waals surface area (Å²) in [7, 11) is 0. The SMILES string of the molecule is Cc1cccc(C2(C)Oc3c(C)c(C)c(C)c(C)c3C(=O)C2(C)C)c1. The Morgan fingerprint density at radius 1 is 0.840 bits per heavy atom. The van der Waals surface area contributed by atoms with Crippen LogP contribution in [0, 0.1) is 40.0 Å². The van der Waals surface area contributed by atoms with E-state index in [1.165, 1.54) is 16.7 Å². The third kappa shape index (κ3) is 2.27. The molecule has 0 saturated carbocycles. The van der Waals surface area contributed by atoms with Crippen LogP contribution in [-0.2, 0) is 5.60 Å². The molecular formula is C23H28O2. The molecule has 2 aromatic carbocycles. The molecule has 132 valence electrons.